The number of thioether (sulfide) groups is 2. The van der Waals surface area contributed by atoms with Crippen molar-refractivity contribution in [2.75, 3.05) is 5.75 Å². The molecular formula is C17H21N3O2S3. The van der Waals surface area contributed by atoms with Gasteiger partial charge in [-0.25, -0.2) is 0 Å². The first kappa shape index (κ1) is 19.9. The van der Waals surface area contributed by atoms with Gasteiger partial charge in [0, 0.05) is 17.0 Å². The van der Waals surface area contributed by atoms with E-state index in [1.807, 2.05) is 27.7 Å². The molecule has 2 rings (SSSR count). The average molecular weight is 396 g/mol. The maximum atomic E-state index is 12.8. The topological polar surface area (TPSA) is 75.7 Å². The Morgan fingerprint density at radius 2 is 1.88 bits per heavy atom. The van der Waals surface area contributed by atoms with Gasteiger partial charge in [-0.15, -0.1) is 10.2 Å². The van der Waals surface area contributed by atoms with E-state index < -0.39 is 0 Å². The van der Waals surface area contributed by atoms with E-state index in [1.54, 1.807) is 11.8 Å². The number of aromatic amines is 1. The van der Waals surface area contributed by atoms with Crippen LogP contribution in [0.15, 0.2) is 20.8 Å². The summed E-state index contributed by atoms with van der Waals surface area (Å²) < 4.78 is 1.63. The Morgan fingerprint density at radius 3 is 2.44 bits per heavy atom. The summed E-state index contributed by atoms with van der Waals surface area (Å²) in [7, 11) is 0. The third-order valence-electron chi connectivity index (χ3n) is 3.51. The highest BCUT2D eigenvalue weighted by Crippen LogP contribution is 2.33. The van der Waals surface area contributed by atoms with E-state index in [-0.39, 0.29) is 16.8 Å². The van der Waals surface area contributed by atoms with E-state index >= 15 is 0 Å². The molecule has 0 aliphatic carbocycles. The SMILES string of the molecule is C=C(C)CSc1nnc(S[C@H](C)C(=O)c2[nH]c(C)c(C(C)=O)c2C)s1. The summed E-state index contributed by atoms with van der Waals surface area (Å²) in [5.74, 6) is 0.737. The molecule has 25 heavy (non-hydrogen) atoms. The van der Waals surface area contributed by atoms with Crippen LogP contribution in [0.3, 0.4) is 0 Å². The van der Waals surface area contributed by atoms with Crippen molar-refractivity contribution >= 4 is 46.4 Å². The molecule has 0 aromatic carbocycles. The van der Waals surface area contributed by atoms with Crippen molar-refractivity contribution in [3.05, 3.63) is 34.7 Å². The first-order chi connectivity index (χ1) is 11.7. The summed E-state index contributed by atoms with van der Waals surface area (Å²) in [5, 5.41) is 7.97. The standard InChI is InChI=1S/C17H21N3O2S3/c1-8(2)7-23-16-19-20-17(25-16)24-12(6)15(22)14-9(3)13(11(5)21)10(4)18-14/h12,18H,1,7H2,2-6H3/t12-/m1/s1. The second kappa shape index (κ2) is 8.33. The summed E-state index contributed by atoms with van der Waals surface area (Å²) in [4.78, 5) is 27.6. The minimum absolute atomic E-state index is 0.0334. The number of aryl methyl sites for hydroxylation is 1. The van der Waals surface area contributed by atoms with E-state index in [1.165, 1.54) is 30.0 Å². The highest BCUT2D eigenvalue weighted by atomic mass is 32.2. The van der Waals surface area contributed by atoms with Gasteiger partial charge in [-0.2, -0.15) is 0 Å². The highest BCUT2D eigenvalue weighted by molar-refractivity contribution is 8.04. The van der Waals surface area contributed by atoms with Gasteiger partial charge in [-0.3, -0.25) is 9.59 Å². The molecule has 0 bridgehead atoms. The van der Waals surface area contributed by atoms with E-state index in [0.717, 1.165) is 31.3 Å². The lowest BCUT2D eigenvalue weighted by Crippen LogP contribution is -2.15. The molecule has 2 heterocycles. The van der Waals surface area contributed by atoms with Crippen molar-refractivity contribution in [2.45, 2.75) is 48.5 Å². The lowest BCUT2D eigenvalue weighted by Gasteiger charge is -2.07. The Kier molecular flexibility index (Phi) is 6.65. The summed E-state index contributed by atoms with van der Waals surface area (Å²) in [6, 6.07) is 0. The monoisotopic (exact) mass is 395 g/mol. The number of carbonyl (C=O) groups is 2. The second-order valence-corrected chi connectivity index (χ2v) is 9.67. The number of aromatic nitrogens is 3. The quantitative estimate of drug-likeness (QED) is 0.396. The number of nitrogens with one attached hydrogen (secondary N) is 1. The van der Waals surface area contributed by atoms with Gasteiger partial charge in [0.05, 0.1) is 10.9 Å². The zero-order valence-corrected chi connectivity index (χ0v) is 17.4. The Balaban J connectivity index is 2.10. The third kappa shape index (κ3) is 4.83. The number of hydrogen-bond donors (Lipinski definition) is 1. The number of Topliss-reactive ketones (excluding diaryl/α,β-unsaturated/α-hetero) is 2. The fraction of sp³-hybridized carbons (Fsp3) is 0.412. The van der Waals surface area contributed by atoms with Crippen LogP contribution < -0.4 is 0 Å². The zero-order chi connectivity index (χ0) is 18.7. The van der Waals surface area contributed by atoms with Gasteiger partial charge in [0.25, 0.3) is 0 Å². The van der Waals surface area contributed by atoms with E-state index in [9.17, 15) is 9.59 Å². The normalized spacial score (nSPS) is 12.2. The van der Waals surface area contributed by atoms with Crippen molar-refractivity contribution in [2.24, 2.45) is 0 Å². The molecular weight excluding hydrogens is 374 g/mol. The van der Waals surface area contributed by atoms with Crippen LogP contribution in [-0.2, 0) is 0 Å². The summed E-state index contributed by atoms with van der Waals surface area (Å²) in [6.07, 6.45) is 0. The van der Waals surface area contributed by atoms with Crippen molar-refractivity contribution in [3.8, 4) is 0 Å². The zero-order valence-electron chi connectivity index (χ0n) is 14.9. The molecule has 134 valence electrons. The molecule has 5 nitrogen and oxygen atoms in total. The molecule has 0 radical (unpaired) electrons. The van der Waals surface area contributed by atoms with E-state index in [0.29, 0.717) is 11.3 Å². The molecule has 0 amide bonds. The fourth-order valence-corrected chi connectivity index (χ4v) is 5.49. The number of hydrogen-bond acceptors (Lipinski definition) is 7. The van der Waals surface area contributed by atoms with Gasteiger partial charge < -0.3 is 4.98 Å². The Labute approximate surface area is 160 Å². The van der Waals surface area contributed by atoms with Crippen LogP contribution in [0.5, 0.6) is 0 Å². The van der Waals surface area contributed by atoms with Crippen molar-refractivity contribution in [1.29, 1.82) is 0 Å². The minimum Gasteiger partial charge on any atom is -0.355 e. The smallest absolute Gasteiger partial charge is 0.192 e. The summed E-state index contributed by atoms with van der Waals surface area (Å²) in [6.45, 7) is 12.8. The van der Waals surface area contributed by atoms with Crippen LogP contribution in [0.25, 0.3) is 0 Å². The predicted octanol–water partition coefficient (Wildman–Crippen LogP) is 4.72. The molecule has 0 aliphatic heterocycles. The Hall–Kier alpha value is -1.38. The molecule has 0 aliphatic rings. The molecule has 1 N–H and O–H groups in total. The number of ketones is 2. The molecule has 0 saturated carbocycles. The maximum Gasteiger partial charge on any atom is 0.192 e. The fourth-order valence-electron chi connectivity index (χ4n) is 2.42. The highest BCUT2D eigenvalue weighted by Gasteiger charge is 2.25. The maximum absolute atomic E-state index is 12.8. The largest absolute Gasteiger partial charge is 0.355 e. The number of rotatable bonds is 8. The van der Waals surface area contributed by atoms with Crippen LogP contribution in [0.4, 0.5) is 0 Å². The van der Waals surface area contributed by atoms with Crippen LogP contribution in [0.1, 0.15) is 52.9 Å². The first-order valence-electron chi connectivity index (χ1n) is 7.72. The van der Waals surface area contributed by atoms with Crippen LogP contribution >= 0.6 is 34.9 Å². The van der Waals surface area contributed by atoms with E-state index in [2.05, 4.69) is 21.8 Å². The van der Waals surface area contributed by atoms with Crippen molar-refractivity contribution in [1.82, 2.24) is 15.2 Å². The second-order valence-electron chi connectivity index (χ2n) is 5.89. The molecule has 2 aromatic rings. The average Bonchev–Trinajstić information content (AvgIpc) is 3.08. The van der Waals surface area contributed by atoms with Crippen LogP contribution in [0.2, 0.25) is 0 Å². The van der Waals surface area contributed by atoms with Gasteiger partial charge in [-0.05, 0) is 40.2 Å². The molecule has 0 unspecified atom stereocenters. The van der Waals surface area contributed by atoms with Crippen LogP contribution in [-0.4, -0.2) is 37.8 Å². The predicted molar refractivity (Wildman–Crippen MR) is 105 cm³/mol. The van der Waals surface area contributed by atoms with Gasteiger partial charge in [-0.1, -0.05) is 47.0 Å². The number of carbonyl (C=O) groups excluding carboxylic acids is 2. The lowest BCUT2D eigenvalue weighted by molar-refractivity contribution is 0.0988. The van der Waals surface area contributed by atoms with Crippen LogP contribution in [0, 0.1) is 13.8 Å². The van der Waals surface area contributed by atoms with Gasteiger partial charge >= 0.3 is 0 Å². The molecule has 0 fully saturated rings. The third-order valence-corrected chi connectivity index (χ3v) is 6.98. The van der Waals surface area contributed by atoms with Crippen molar-refractivity contribution < 1.29 is 9.59 Å². The lowest BCUT2D eigenvalue weighted by atomic mass is 10.0. The first-order valence-corrected chi connectivity index (χ1v) is 10.4. The molecule has 2 aromatic heterocycles. The number of nitrogens with zero attached hydrogens (tertiary/aromatic N) is 2. The summed E-state index contributed by atoms with van der Waals surface area (Å²) in [5.41, 5.74) is 3.65. The number of H-pyrrole nitrogens is 1. The molecule has 0 saturated heterocycles. The molecule has 0 spiro atoms. The van der Waals surface area contributed by atoms with Gasteiger partial charge in [0.2, 0.25) is 0 Å². The Bertz CT molecular complexity index is 823. The minimum atomic E-state index is -0.316. The van der Waals surface area contributed by atoms with Crippen molar-refractivity contribution in [3.63, 3.8) is 0 Å². The van der Waals surface area contributed by atoms with Gasteiger partial charge in [0.15, 0.2) is 20.2 Å². The molecule has 8 heteroatoms. The molecule has 1 atom stereocenters. The summed E-state index contributed by atoms with van der Waals surface area (Å²) >= 11 is 4.46. The Morgan fingerprint density at radius 1 is 1.24 bits per heavy atom. The van der Waals surface area contributed by atoms with E-state index in [4.69, 9.17) is 0 Å². The van der Waals surface area contributed by atoms with Gasteiger partial charge in [0.1, 0.15) is 0 Å².